The van der Waals surface area contributed by atoms with Crippen LogP contribution in [-0.4, -0.2) is 0 Å². The van der Waals surface area contributed by atoms with E-state index in [1.54, 1.807) is 0 Å². The Morgan fingerprint density at radius 1 is 0.630 bits per heavy atom. The quantitative estimate of drug-likeness (QED) is 0.437. The lowest BCUT2D eigenvalue weighted by molar-refractivity contribution is 0.710. The van der Waals surface area contributed by atoms with Gasteiger partial charge in [0.25, 0.3) is 0 Å². The van der Waals surface area contributed by atoms with Crippen LogP contribution in [0.1, 0.15) is 37.0 Å². The van der Waals surface area contributed by atoms with Crippen LogP contribution in [0.15, 0.2) is 114 Å². The minimum atomic E-state index is -0.267. The molecule has 0 nitrogen and oxygen atoms in total. The van der Waals surface area contributed by atoms with Gasteiger partial charge in [-0.3, -0.25) is 0 Å². The Morgan fingerprint density at radius 3 is 1.37 bits per heavy atom. The van der Waals surface area contributed by atoms with Crippen molar-refractivity contribution in [3.8, 4) is 0 Å². The van der Waals surface area contributed by atoms with Crippen molar-refractivity contribution < 1.29 is 0 Å². The first-order valence-corrected chi connectivity index (χ1v) is 9.80. The third-order valence-corrected chi connectivity index (χ3v) is 5.67. The van der Waals surface area contributed by atoms with Gasteiger partial charge in [0.05, 0.1) is 5.41 Å². The zero-order chi connectivity index (χ0) is 18.7. The summed E-state index contributed by atoms with van der Waals surface area (Å²) in [5.74, 6) is 0.544. The van der Waals surface area contributed by atoms with E-state index in [0.717, 1.165) is 6.42 Å². The fraction of sp³-hybridized carbons (Fsp3) is 0.185. The van der Waals surface area contributed by atoms with Crippen LogP contribution >= 0.6 is 0 Å². The summed E-state index contributed by atoms with van der Waals surface area (Å²) in [6, 6.07) is 32.9. The van der Waals surface area contributed by atoms with Gasteiger partial charge in [-0.1, -0.05) is 117 Å². The van der Waals surface area contributed by atoms with E-state index in [4.69, 9.17) is 0 Å². The first-order chi connectivity index (χ1) is 13.2. The van der Waals surface area contributed by atoms with Gasteiger partial charge in [-0.2, -0.15) is 0 Å². The van der Waals surface area contributed by atoms with Crippen molar-refractivity contribution in [1.29, 1.82) is 0 Å². The molecule has 0 amide bonds. The van der Waals surface area contributed by atoms with E-state index in [2.05, 4.69) is 117 Å². The minimum absolute atomic E-state index is 0.267. The molecule has 3 aromatic carbocycles. The monoisotopic (exact) mass is 350 g/mol. The van der Waals surface area contributed by atoms with Gasteiger partial charge < -0.3 is 0 Å². The third kappa shape index (κ3) is 3.06. The lowest BCUT2D eigenvalue weighted by Crippen LogP contribution is -2.31. The molecule has 0 heteroatoms. The third-order valence-electron chi connectivity index (χ3n) is 5.67. The molecule has 0 bridgehead atoms. The molecule has 3 aromatic rings. The Hall–Kier alpha value is -2.86. The topological polar surface area (TPSA) is 0 Å². The molecule has 27 heavy (non-hydrogen) atoms. The van der Waals surface area contributed by atoms with Gasteiger partial charge in [0.2, 0.25) is 0 Å². The molecule has 0 radical (unpaired) electrons. The number of hydrogen-bond donors (Lipinski definition) is 0. The summed E-state index contributed by atoms with van der Waals surface area (Å²) >= 11 is 0. The van der Waals surface area contributed by atoms with Gasteiger partial charge >= 0.3 is 0 Å². The Morgan fingerprint density at radius 2 is 1.04 bits per heavy atom. The SMILES string of the molecule is CC(C)C1=CCC(C(c2ccccc2)(c2ccccc2)c2ccccc2)=C1. The normalized spacial score (nSPS) is 14.2. The maximum atomic E-state index is 2.44. The molecule has 0 aromatic heterocycles. The van der Waals surface area contributed by atoms with Crippen LogP contribution in [0.2, 0.25) is 0 Å². The predicted octanol–water partition coefficient (Wildman–Crippen LogP) is 6.93. The summed E-state index contributed by atoms with van der Waals surface area (Å²) in [5, 5.41) is 0. The lowest BCUT2D eigenvalue weighted by Gasteiger charge is -2.38. The van der Waals surface area contributed by atoms with Gasteiger partial charge in [0, 0.05) is 0 Å². The summed E-state index contributed by atoms with van der Waals surface area (Å²) < 4.78 is 0. The van der Waals surface area contributed by atoms with E-state index >= 15 is 0 Å². The van der Waals surface area contributed by atoms with Gasteiger partial charge in [-0.05, 0) is 40.2 Å². The molecule has 1 aliphatic rings. The molecule has 0 atom stereocenters. The average molecular weight is 351 g/mol. The van der Waals surface area contributed by atoms with Crippen molar-refractivity contribution in [3.05, 3.63) is 131 Å². The van der Waals surface area contributed by atoms with Crippen molar-refractivity contribution in [2.45, 2.75) is 25.7 Å². The van der Waals surface area contributed by atoms with Crippen LogP contribution in [-0.2, 0) is 5.41 Å². The highest BCUT2D eigenvalue weighted by atomic mass is 14.4. The maximum Gasteiger partial charge on any atom is 0.0667 e. The molecular formula is C27H26. The molecule has 0 heterocycles. The Balaban J connectivity index is 2.04. The van der Waals surface area contributed by atoms with Crippen LogP contribution in [0.25, 0.3) is 0 Å². The van der Waals surface area contributed by atoms with Gasteiger partial charge in [0.1, 0.15) is 0 Å². The zero-order valence-electron chi connectivity index (χ0n) is 16.1. The molecule has 0 saturated carbocycles. The van der Waals surface area contributed by atoms with Crippen LogP contribution in [0.3, 0.4) is 0 Å². The highest BCUT2D eigenvalue weighted by Gasteiger charge is 2.40. The number of benzene rings is 3. The van der Waals surface area contributed by atoms with Crippen molar-refractivity contribution >= 4 is 0 Å². The maximum absolute atomic E-state index is 2.44. The second-order valence-electron chi connectivity index (χ2n) is 7.58. The van der Waals surface area contributed by atoms with Crippen LogP contribution in [0, 0.1) is 5.92 Å². The van der Waals surface area contributed by atoms with E-state index in [1.165, 1.54) is 27.8 Å². The molecule has 0 saturated heterocycles. The van der Waals surface area contributed by atoms with E-state index in [1.807, 2.05) is 0 Å². The van der Waals surface area contributed by atoms with Crippen LogP contribution < -0.4 is 0 Å². The molecule has 1 aliphatic carbocycles. The summed E-state index contributed by atoms with van der Waals surface area (Å²) in [5.41, 5.74) is 6.61. The lowest BCUT2D eigenvalue weighted by atomic mass is 9.64. The Bertz CT molecular complexity index is 848. The first-order valence-electron chi connectivity index (χ1n) is 9.80. The number of allylic oxidation sites excluding steroid dienone is 4. The first kappa shape index (κ1) is 17.5. The highest BCUT2D eigenvalue weighted by molar-refractivity contribution is 5.61. The largest absolute Gasteiger partial charge is 0.0769 e. The second kappa shape index (κ2) is 7.40. The summed E-state index contributed by atoms with van der Waals surface area (Å²) in [6.07, 6.45) is 5.84. The average Bonchev–Trinajstić information content (AvgIpc) is 3.22. The molecular weight excluding hydrogens is 324 g/mol. The van der Waals surface area contributed by atoms with Gasteiger partial charge in [-0.15, -0.1) is 0 Å². The molecule has 4 rings (SSSR count). The predicted molar refractivity (Wildman–Crippen MR) is 115 cm³/mol. The van der Waals surface area contributed by atoms with E-state index in [0.29, 0.717) is 5.92 Å². The van der Waals surface area contributed by atoms with E-state index in [-0.39, 0.29) is 5.41 Å². The summed E-state index contributed by atoms with van der Waals surface area (Å²) in [7, 11) is 0. The van der Waals surface area contributed by atoms with Crippen LogP contribution in [0.5, 0.6) is 0 Å². The molecule has 0 aliphatic heterocycles. The van der Waals surface area contributed by atoms with Gasteiger partial charge in [0.15, 0.2) is 0 Å². The fourth-order valence-corrected chi connectivity index (χ4v) is 4.33. The molecule has 134 valence electrons. The van der Waals surface area contributed by atoms with Gasteiger partial charge in [-0.25, -0.2) is 0 Å². The minimum Gasteiger partial charge on any atom is -0.0769 e. The highest BCUT2D eigenvalue weighted by Crippen LogP contribution is 2.48. The molecule has 0 fully saturated rings. The standard InChI is InChI=1S/C27H26/c1-21(2)22-18-19-26(20-22)27(23-12-6-3-7-13-23,24-14-8-4-9-15-24)25-16-10-5-11-17-25/h3-18,20-21H,19H2,1-2H3. The smallest absolute Gasteiger partial charge is 0.0667 e. The van der Waals surface area contributed by atoms with Crippen molar-refractivity contribution in [2.24, 2.45) is 5.92 Å². The van der Waals surface area contributed by atoms with Crippen molar-refractivity contribution in [2.75, 3.05) is 0 Å². The number of rotatable bonds is 5. The van der Waals surface area contributed by atoms with Crippen LogP contribution in [0.4, 0.5) is 0 Å². The number of hydrogen-bond acceptors (Lipinski definition) is 0. The van der Waals surface area contributed by atoms with Crippen molar-refractivity contribution in [1.82, 2.24) is 0 Å². The second-order valence-corrected chi connectivity index (χ2v) is 7.58. The molecule has 0 N–H and O–H groups in total. The van der Waals surface area contributed by atoms with Crippen molar-refractivity contribution in [3.63, 3.8) is 0 Å². The molecule has 0 spiro atoms. The Kier molecular flexibility index (Phi) is 4.81. The van der Waals surface area contributed by atoms with E-state index < -0.39 is 0 Å². The molecule has 0 unspecified atom stereocenters. The zero-order valence-corrected chi connectivity index (χ0v) is 16.1. The Labute approximate surface area is 162 Å². The summed E-state index contributed by atoms with van der Waals surface area (Å²) in [4.78, 5) is 0. The fourth-order valence-electron chi connectivity index (χ4n) is 4.33. The summed E-state index contributed by atoms with van der Waals surface area (Å²) in [6.45, 7) is 4.56. The van der Waals surface area contributed by atoms with E-state index in [9.17, 15) is 0 Å².